The normalized spacial score (nSPS) is 13.0. The number of hydrogen-bond acceptors (Lipinski definition) is 6. The van der Waals surface area contributed by atoms with Crippen molar-refractivity contribution in [2.24, 2.45) is 0 Å². The zero-order valence-corrected chi connectivity index (χ0v) is 17.2. The summed E-state index contributed by atoms with van der Waals surface area (Å²) in [5.41, 5.74) is 1.60. The summed E-state index contributed by atoms with van der Waals surface area (Å²) in [7, 11) is 0. The van der Waals surface area contributed by atoms with Crippen LogP contribution in [0.3, 0.4) is 0 Å². The number of carbonyl (C=O) groups excluding carboxylic acids is 1. The molecular weight excluding hydrogens is 393 g/mol. The summed E-state index contributed by atoms with van der Waals surface area (Å²) < 4.78 is 24.1. The van der Waals surface area contributed by atoms with Crippen molar-refractivity contribution in [2.75, 3.05) is 6.61 Å². The van der Waals surface area contributed by atoms with E-state index in [0.717, 1.165) is 16.9 Å². The molecule has 3 rings (SSSR count). The van der Waals surface area contributed by atoms with Crippen LogP contribution in [-0.2, 0) is 4.79 Å². The van der Waals surface area contributed by atoms with E-state index in [1.165, 1.54) is 23.9 Å². The molecule has 0 unspecified atom stereocenters. The molecule has 1 amide bonds. The maximum absolute atomic E-state index is 13.0. The summed E-state index contributed by atoms with van der Waals surface area (Å²) in [5.74, 6) is 0.664. The van der Waals surface area contributed by atoms with Crippen molar-refractivity contribution in [1.29, 1.82) is 0 Å². The van der Waals surface area contributed by atoms with Crippen molar-refractivity contribution in [3.05, 3.63) is 59.9 Å². The van der Waals surface area contributed by atoms with Gasteiger partial charge in [0.25, 0.3) is 5.22 Å². The van der Waals surface area contributed by atoms with Crippen molar-refractivity contribution in [3.8, 4) is 17.2 Å². The summed E-state index contributed by atoms with van der Waals surface area (Å²) in [5, 5.41) is 10.8. The molecule has 8 heteroatoms. The van der Waals surface area contributed by atoms with Gasteiger partial charge in [0.15, 0.2) is 0 Å². The van der Waals surface area contributed by atoms with Gasteiger partial charge in [-0.05, 0) is 62.7 Å². The number of rotatable bonds is 8. The van der Waals surface area contributed by atoms with E-state index in [2.05, 4.69) is 15.5 Å². The molecule has 0 saturated carbocycles. The van der Waals surface area contributed by atoms with E-state index >= 15 is 0 Å². The molecule has 0 radical (unpaired) electrons. The Morgan fingerprint density at radius 1 is 1.14 bits per heavy atom. The number of benzene rings is 2. The fraction of sp³-hybridized carbons (Fsp3) is 0.286. The Balaban J connectivity index is 1.58. The molecule has 1 aromatic heterocycles. The van der Waals surface area contributed by atoms with Gasteiger partial charge in [0.2, 0.25) is 11.8 Å². The Kier molecular flexibility index (Phi) is 6.87. The Morgan fingerprint density at radius 3 is 2.48 bits per heavy atom. The van der Waals surface area contributed by atoms with Gasteiger partial charge in [0, 0.05) is 5.56 Å². The largest absolute Gasteiger partial charge is 0.494 e. The average Bonchev–Trinajstić information content (AvgIpc) is 3.17. The topological polar surface area (TPSA) is 77.2 Å². The second kappa shape index (κ2) is 9.56. The molecular formula is C21H22FN3O3S. The van der Waals surface area contributed by atoms with Crippen LogP contribution in [0.4, 0.5) is 4.39 Å². The van der Waals surface area contributed by atoms with Crippen molar-refractivity contribution in [2.45, 2.75) is 37.3 Å². The minimum atomic E-state index is -0.438. The lowest BCUT2D eigenvalue weighted by Crippen LogP contribution is -2.33. The summed E-state index contributed by atoms with van der Waals surface area (Å²) in [6.07, 6.45) is 0. The van der Waals surface area contributed by atoms with E-state index in [1.807, 2.05) is 38.1 Å². The highest BCUT2D eigenvalue weighted by atomic mass is 32.2. The molecule has 0 aliphatic carbocycles. The summed E-state index contributed by atoms with van der Waals surface area (Å²) >= 11 is 1.18. The number of ether oxygens (including phenoxy) is 1. The molecule has 0 saturated heterocycles. The summed E-state index contributed by atoms with van der Waals surface area (Å²) in [6, 6.07) is 13.2. The van der Waals surface area contributed by atoms with Crippen molar-refractivity contribution in [3.63, 3.8) is 0 Å². The third kappa shape index (κ3) is 5.57. The SMILES string of the molecule is CCOc1ccc(-c2nnc(S[C@H](C)C(=O)N[C@@H](C)c3ccc(F)cc3)o2)cc1. The summed E-state index contributed by atoms with van der Waals surface area (Å²) in [6.45, 7) is 6.13. The molecule has 1 heterocycles. The van der Waals surface area contributed by atoms with E-state index in [9.17, 15) is 9.18 Å². The third-order valence-corrected chi connectivity index (χ3v) is 5.13. The fourth-order valence-electron chi connectivity index (χ4n) is 2.60. The molecule has 152 valence electrons. The first-order valence-corrected chi connectivity index (χ1v) is 10.1. The van der Waals surface area contributed by atoms with Crippen molar-refractivity contribution < 1.29 is 18.3 Å². The predicted octanol–water partition coefficient (Wildman–Crippen LogP) is 4.63. The van der Waals surface area contributed by atoms with Crippen molar-refractivity contribution in [1.82, 2.24) is 15.5 Å². The molecule has 2 atom stereocenters. The quantitative estimate of drug-likeness (QED) is 0.541. The van der Waals surface area contributed by atoms with Crippen LogP contribution in [0.2, 0.25) is 0 Å². The Hall–Kier alpha value is -2.87. The highest BCUT2D eigenvalue weighted by Gasteiger charge is 2.20. The van der Waals surface area contributed by atoms with Crippen LogP contribution in [0, 0.1) is 5.82 Å². The van der Waals surface area contributed by atoms with Crippen LogP contribution in [0.25, 0.3) is 11.5 Å². The number of carbonyl (C=O) groups is 1. The number of aromatic nitrogens is 2. The maximum Gasteiger partial charge on any atom is 0.277 e. The lowest BCUT2D eigenvalue weighted by atomic mass is 10.1. The Bertz CT molecular complexity index is 945. The molecule has 6 nitrogen and oxygen atoms in total. The van der Waals surface area contributed by atoms with E-state index in [4.69, 9.17) is 9.15 Å². The van der Waals surface area contributed by atoms with Crippen LogP contribution in [0.5, 0.6) is 5.75 Å². The molecule has 3 aromatic rings. The first kappa shape index (κ1) is 20.9. The average molecular weight is 415 g/mol. The molecule has 29 heavy (non-hydrogen) atoms. The minimum Gasteiger partial charge on any atom is -0.494 e. The molecule has 0 spiro atoms. The summed E-state index contributed by atoms with van der Waals surface area (Å²) in [4.78, 5) is 12.5. The number of halogens is 1. The predicted molar refractivity (Wildman–Crippen MR) is 109 cm³/mol. The van der Waals surface area contributed by atoms with Gasteiger partial charge in [-0.3, -0.25) is 4.79 Å². The number of hydrogen-bond donors (Lipinski definition) is 1. The highest BCUT2D eigenvalue weighted by molar-refractivity contribution is 8.00. The van der Waals surface area contributed by atoms with Gasteiger partial charge in [-0.25, -0.2) is 4.39 Å². The van der Waals surface area contributed by atoms with Gasteiger partial charge >= 0.3 is 0 Å². The van der Waals surface area contributed by atoms with Crippen molar-refractivity contribution >= 4 is 17.7 Å². The lowest BCUT2D eigenvalue weighted by Gasteiger charge is -2.16. The number of thioether (sulfide) groups is 1. The molecule has 0 aliphatic rings. The van der Waals surface area contributed by atoms with E-state index in [-0.39, 0.29) is 17.8 Å². The highest BCUT2D eigenvalue weighted by Crippen LogP contribution is 2.27. The lowest BCUT2D eigenvalue weighted by molar-refractivity contribution is -0.120. The van der Waals surface area contributed by atoms with Gasteiger partial charge in [-0.1, -0.05) is 23.9 Å². The second-order valence-electron chi connectivity index (χ2n) is 6.37. The second-order valence-corrected chi connectivity index (χ2v) is 7.66. The zero-order chi connectivity index (χ0) is 20.8. The van der Waals surface area contributed by atoms with Crippen LogP contribution < -0.4 is 10.1 Å². The van der Waals surface area contributed by atoms with E-state index < -0.39 is 5.25 Å². The van der Waals surface area contributed by atoms with Gasteiger partial charge in [-0.15, -0.1) is 10.2 Å². The van der Waals surface area contributed by atoms with Crippen LogP contribution in [0.1, 0.15) is 32.4 Å². The van der Waals surface area contributed by atoms with Gasteiger partial charge in [0.1, 0.15) is 11.6 Å². The molecule has 1 N–H and O–H groups in total. The monoisotopic (exact) mass is 415 g/mol. The first-order valence-electron chi connectivity index (χ1n) is 9.25. The van der Waals surface area contributed by atoms with E-state index in [0.29, 0.717) is 17.7 Å². The zero-order valence-electron chi connectivity index (χ0n) is 16.4. The fourth-order valence-corrected chi connectivity index (χ4v) is 3.30. The standard InChI is InChI=1S/C21H22FN3O3S/c1-4-27-18-11-7-16(8-12-18)20-24-25-21(28-20)29-14(3)19(26)23-13(2)15-5-9-17(22)10-6-15/h5-14H,4H2,1-3H3,(H,23,26)/t13-,14+/m0/s1. The van der Waals surface area contributed by atoms with Crippen LogP contribution in [-0.4, -0.2) is 28.0 Å². The number of nitrogens with zero attached hydrogens (tertiary/aromatic N) is 2. The van der Waals surface area contributed by atoms with Gasteiger partial charge in [0.05, 0.1) is 17.9 Å². The smallest absolute Gasteiger partial charge is 0.277 e. The first-order chi connectivity index (χ1) is 14.0. The van der Waals surface area contributed by atoms with Gasteiger partial charge < -0.3 is 14.5 Å². The molecule has 2 aromatic carbocycles. The molecule has 0 fully saturated rings. The Morgan fingerprint density at radius 2 is 1.83 bits per heavy atom. The molecule has 0 aliphatic heterocycles. The van der Waals surface area contributed by atoms with E-state index in [1.54, 1.807) is 19.1 Å². The van der Waals surface area contributed by atoms with Crippen LogP contribution in [0.15, 0.2) is 58.2 Å². The Labute approximate surface area is 172 Å². The maximum atomic E-state index is 13.0. The third-order valence-electron chi connectivity index (χ3n) is 4.19. The van der Waals surface area contributed by atoms with Crippen LogP contribution >= 0.6 is 11.8 Å². The number of nitrogens with one attached hydrogen (secondary N) is 1. The van der Waals surface area contributed by atoms with Gasteiger partial charge in [-0.2, -0.15) is 0 Å². The minimum absolute atomic E-state index is 0.173. The molecule has 0 bridgehead atoms. The number of amides is 1.